The maximum atomic E-state index is 7.34. The fourth-order valence-corrected chi connectivity index (χ4v) is 2.08. The second-order valence-corrected chi connectivity index (χ2v) is 4.98. The van der Waals surface area contributed by atoms with E-state index in [1.165, 1.54) is 0 Å². The van der Waals surface area contributed by atoms with Gasteiger partial charge in [-0.05, 0) is 48.5 Å². The van der Waals surface area contributed by atoms with Gasteiger partial charge in [-0.15, -0.1) is 0 Å². The highest BCUT2D eigenvalue weighted by molar-refractivity contribution is 6.30. The van der Waals surface area contributed by atoms with Crippen molar-refractivity contribution in [1.29, 1.82) is 5.53 Å². The van der Waals surface area contributed by atoms with Gasteiger partial charge < -0.3 is 5.32 Å². The van der Waals surface area contributed by atoms with E-state index in [1.807, 2.05) is 36.4 Å². The summed E-state index contributed by atoms with van der Waals surface area (Å²) in [7, 11) is 0. The predicted octanol–water partition coefficient (Wildman–Crippen LogP) is 4.72. The first-order valence-electron chi connectivity index (χ1n) is 6.58. The van der Waals surface area contributed by atoms with E-state index in [-0.39, 0.29) is 0 Å². The number of nitrogens with one attached hydrogen (secondary N) is 2. The fourth-order valence-electron chi connectivity index (χ4n) is 1.96. The van der Waals surface area contributed by atoms with Gasteiger partial charge in [-0.2, -0.15) is 5.11 Å². The first-order chi connectivity index (χ1) is 10.8. The SMILES string of the molecule is N=N/C(=C\Nc1ccc(Cl)cc1)c1ccc2cccnc2n1. The summed E-state index contributed by atoms with van der Waals surface area (Å²) in [5, 5.41) is 8.22. The molecular formula is C16H12ClN5. The van der Waals surface area contributed by atoms with E-state index in [4.69, 9.17) is 17.1 Å². The third-order valence-electron chi connectivity index (χ3n) is 3.07. The van der Waals surface area contributed by atoms with Crippen molar-refractivity contribution >= 4 is 34.0 Å². The molecule has 2 aromatic heterocycles. The van der Waals surface area contributed by atoms with Crippen LogP contribution < -0.4 is 5.32 Å². The predicted molar refractivity (Wildman–Crippen MR) is 87.7 cm³/mol. The third kappa shape index (κ3) is 3.10. The minimum Gasteiger partial charge on any atom is -0.360 e. The fraction of sp³-hybridized carbons (Fsp3) is 0. The Labute approximate surface area is 132 Å². The van der Waals surface area contributed by atoms with Crippen LogP contribution in [0.3, 0.4) is 0 Å². The zero-order chi connectivity index (χ0) is 15.4. The summed E-state index contributed by atoms with van der Waals surface area (Å²) in [6.07, 6.45) is 3.32. The quantitative estimate of drug-likeness (QED) is 0.684. The van der Waals surface area contributed by atoms with Crippen LogP contribution in [-0.2, 0) is 0 Å². The van der Waals surface area contributed by atoms with Gasteiger partial charge in [-0.1, -0.05) is 11.6 Å². The number of fused-ring (bicyclic) bond motifs is 1. The summed E-state index contributed by atoms with van der Waals surface area (Å²) in [4.78, 5) is 8.63. The number of anilines is 1. The number of pyridine rings is 2. The van der Waals surface area contributed by atoms with Crippen molar-refractivity contribution in [2.24, 2.45) is 5.11 Å². The number of hydrogen-bond donors (Lipinski definition) is 2. The zero-order valence-corrected chi connectivity index (χ0v) is 12.2. The molecule has 0 saturated heterocycles. The average molecular weight is 310 g/mol. The monoisotopic (exact) mass is 309 g/mol. The molecule has 5 nitrogen and oxygen atoms in total. The molecule has 2 N–H and O–H groups in total. The Morgan fingerprint density at radius 1 is 1.14 bits per heavy atom. The van der Waals surface area contributed by atoms with E-state index in [0.717, 1.165) is 11.1 Å². The van der Waals surface area contributed by atoms with Gasteiger partial charge in [0.25, 0.3) is 0 Å². The molecule has 0 fully saturated rings. The Morgan fingerprint density at radius 2 is 1.95 bits per heavy atom. The van der Waals surface area contributed by atoms with Crippen molar-refractivity contribution < 1.29 is 0 Å². The van der Waals surface area contributed by atoms with Crippen LogP contribution in [0.4, 0.5) is 5.69 Å². The highest BCUT2D eigenvalue weighted by atomic mass is 35.5. The normalized spacial score (nSPS) is 11.4. The van der Waals surface area contributed by atoms with E-state index >= 15 is 0 Å². The van der Waals surface area contributed by atoms with E-state index in [2.05, 4.69) is 20.4 Å². The molecule has 0 radical (unpaired) electrons. The third-order valence-corrected chi connectivity index (χ3v) is 3.32. The van der Waals surface area contributed by atoms with Crippen LogP contribution in [-0.4, -0.2) is 9.97 Å². The van der Waals surface area contributed by atoms with Crippen molar-refractivity contribution in [3.63, 3.8) is 0 Å². The molecule has 3 rings (SSSR count). The van der Waals surface area contributed by atoms with E-state index < -0.39 is 0 Å². The molecule has 0 spiro atoms. The Kier molecular flexibility index (Phi) is 4.07. The van der Waals surface area contributed by atoms with Gasteiger partial charge in [0.2, 0.25) is 0 Å². The molecule has 0 aliphatic rings. The molecule has 0 amide bonds. The van der Waals surface area contributed by atoms with Gasteiger partial charge in [-0.25, -0.2) is 15.5 Å². The van der Waals surface area contributed by atoms with Crippen LogP contribution in [0, 0.1) is 5.53 Å². The largest absolute Gasteiger partial charge is 0.360 e. The smallest absolute Gasteiger partial charge is 0.159 e. The highest BCUT2D eigenvalue weighted by Crippen LogP contribution is 2.19. The van der Waals surface area contributed by atoms with Crippen molar-refractivity contribution in [1.82, 2.24) is 9.97 Å². The van der Waals surface area contributed by atoms with Crippen molar-refractivity contribution in [3.05, 3.63) is 71.6 Å². The number of benzene rings is 1. The lowest BCUT2D eigenvalue weighted by molar-refractivity contribution is 1.13. The molecule has 22 heavy (non-hydrogen) atoms. The topological polar surface area (TPSA) is 74.0 Å². The van der Waals surface area contributed by atoms with Gasteiger partial charge in [0, 0.05) is 28.5 Å². The Morgan fingerprint density at radius 3 is 2.73 bits per heavy atom. The van der Waals surface area contributed by atoms with Crippen LogP contribution in [0.25, 0.3) is 16.7 Å². The van der Waals surface area contributed by atoms with Crippen LogP contribution in [0.15, 0.2) is 66.0 Å². The Balaban J connectivity index is 1.89. The molecule has 0 unspecified atom stereocenters. The molecule has 6 heteroatoms. The van der Waals surface area contributed by atoms with E-state index in [0.29, 0.717) is 22.1 Å². The van der Waals surface area contributed by atoms with Crippen LogP contribution in [0.2, 0.25) is 5.02 Å². The molecule has 108 valence electrons. The Bertz CT molecular complexity index is 843. The summed E-state index contributed by atoms with van der Waals surface area (Å²) in [6, 6.07) is 14.8. The number of halogens is 1. The number of rotatable bonds is 4. The molecule has 0 aliphatic carbocycles. The lowest BCUT2D eigenvalue weighted by Crippen LogP contribution is -1.94. The molecule has 0 atom stereocenters. The summed E-state index contributed by atoms with van der Waals surface area (Å²) in [5.41, 5.74) is 9.82. The first-order valence-corrected chi connectivity index (χ1v) is 6.96. The van der Waals surface area contributed by atoms with Crippen molar-refractivity contribution in [2.45, 2.75) is 0 Å². The minimum absolute atomic E-state index is 0.419. The molecule has 0 aliphatic heterocycles. The zero-order valence-electron chi connectivity index (χ0n) is 11.5. The average Bonchev–Trinajstić information content (AvgIpc) is 2.57. The number of aromatic nitrogens is 2. The summed E-state index contributed by atoms with van der Waals surface area (Å²) >= 11 is 5.84. The molecule has 1 aromatic carbocycles. The van der Waals surface area contributed by atoms with Crippen molar-refractivity contribution in [2.75, 3.05) is 5.32 Å². The Hall–Kier alpha value is -2.79. The second kappa shape index (κ2) is 6.32. The number of nitrogens with zero attached hydrogens (tertiary/aromatic N) is 3. The highest BCUT2D eigenvalue weighted by Gasteiger charge is 2.04. The molecule has 0 saturated carbocycles. The summed E-state index contributed by atoms with van der Waals surface area (Å²) in [6.45, 7) is 0. The second-order valence-electron chi connectivity index (χ2n) is 4.54. The first kappa shape index (κ1) is 14.2. The van der Waals surface area contributed by atoms with Gasteiger partial charge in [0.1, 0.15) is 5.70 Å². The lowest BCUT2D eigenvalue weighted by Gasteiger charge is -2.04. The van der Waals surface area contributed by atoms with Crippen molar-refractivity contribution in [3.8, 4) is 0 Å². The van der Waals surface area contributed by atoms with Crippen LogP contribution in [0.1, 0.15) is 5.69 Å². The van der Waals surface area contributed by atoms with Gasteiger partial charge in [-0.3, -0.25) is 0 Å². The van der Waals surface area contributed by atoms with Gasteiger partial charge >= 0.3 is 0 Å². The standard InChI is InChI=1S/C16H12ClN5/c17-12-4-6-13(7-5-12)20-10-15(22-18)14-8-3-11-2-1-9-19-16(11)21-14/h1-10,18,20H/b15-10-,22-18?. The summed E-state index contributed by atoms with van der Waals surface area (Å²) < 4.78 is 0. The molecule has 0 bridgehead atoms. The lowest BCUT2D eigenvalue weighted by atomic mass is 10.2. The van der Waals surface area contributed by atoms with Crippen LogP contribution in [0.5, 0.6) is 0 Å². The number of hydrogen-bond acceptors (Lipinski definition) is 5. The molecule has 2 heterocycles. The summed E-state index contributed by atoms with van der Waals surface area (Å²) in [5.74, 6) is 0. The molecular weight excluding hydrogens is 298 g/mol. The van der Waals surface area contributed by atoms with Gasteiger partial charge in [0.15, 0.2) is 5.65 Å². The minimum atomic E-state index is 0.419. The maximum absolute atomic E-state index is 7.34. The van der Waals surface area contributed by atoms with Gasteiger partial charge in [0.05, 0.1) is 5.69 Å². The van der Waals surface area contributed by atoms with Crippen LogP contribution >= 0.6 is 11.6 Å². The van der Waals surface area contributed by atoms with E-state index in [1.54, 1.807) is 24.5 Å². The van der Waals surface area contributed by atoms with E-state index in [9.17, 15) is 0 Å². The molecule has 3 aromatic rings. The maximum Gasteiger partial charge on any atom is 0.159 e.